The Balaban J connectivity index is 1.84. The Morgan fingerprint density at radius 3 is 2.61 bits per heavy atom. The van der Waals surface area contributed by atoms with E-state index in [0.717, 1.165) is 12.8 Å². The van der Waals surface area contributed by atoms with Gasteiger partial charge in [-0.25, -0.2) is 8.42 Å². The molecular weight excluding hydrogens is 318 g/mol. The van der Waals surface area contributed by atoms with E-state index in [1.165, 1.54) is 16.6 Å². The van der Waals surface area contributed by atoms with Gasteiger partial charge in [0, 0.05) is 39.4 Å². The van der Waals surface area contributed by atoms with E-state index in [-0.39, 0.29) is 16.9 Å². The van der Waals surface area contributed by atoms with Crippen LogP contribution in [0.1, 0.15) is 30.3 Å². The first-order valence-electron chi connectivity index (χ1n) is 7.97. The van der Waals surface area contributed by atoms with Crippen LogP contribution in [0.25, 0.3) is 0 Å². The van der Waals surface area contributed by atoms with Gasteiger partial charge in [0.05, 0.1) is 12.7 Å². The standard InChI is InChI=1S/C15H23N3O4S/c1-12-10-17(7-8-22-12)15(19)14-9-13(11-16(14)2)23(20,21)18-5-3-4-6-18/h9,11-12H,3-8,10H2,1-2H3/t12-/m1/s1. The van der Waals surface area contributed by atoms with Gasteiger partial charge in [0.15, 0.2) is 0 Å². The molecule has 2 saturated heterocycles. The summed E-state index contributed by atoms with van der Waals surface area (Å²) in [7, 11) is -1.79. The van der Waals surface area contributed by atoms with Gasteiger partial charge in [-0.05, 0) is 25.8 Å². The molecule has 2 fully saturated rings. The number of ether oxygens (including phenoxy) is 1. The number of nitrogens with zero attached hydrogens (tertiary/aromatic N) is 3. The summed E-state index contributed by atoms with van der Waals surface area (Å²) in [6.45, 7) is 4.60. The predicted octanol–water partition coefficient (Wildman–Crippen LogP) is 0.671. The lowest BCUT2D eigenvalue weighted by Gasteiger charge is -2.31. The topological polar surface area (TPSA) is 71.9 Å². The molecule has 0 unspecified atom stereocenters. The summed E-state index contributed by atoms with van der Waals surface area (Å²) in [5.41, 5.74) is 0.400. The summed E-state index contributed by atoms with van der Waals surface area (Å²) in [6, 6.07) is 1.50. The molecule has 1 aromatic heterocycles. The first-order chi connectivity index (χ1) is 10.9. The van der Waals surface area contributed by atoms with Crippen LogP contribution in [-0.2, 0) is 21.8 Å². The highest BCUT2D eigenvalue weighted by atomic mass is 32.2. The molecule has 7 nitrogen and oxygen atoms in total. The van der Waals surface area contributed by atoms with Crippen molar-refractivity contribution < 1.29 is 17.9 Å². The van der Waals surface area contributed by atoms with E-state index in [0.29, 0.717) is 38.5 Å². The Morgan fingerprint density at radius 1 is 1.26 bits per heavy atom. The van der Waals surface area contributed by atoms with Gasteiger partial charge in [0.25, 0.3) is 5.91 Å². The molecule has 1 atom stereocenters. The largest absolute Gasteiger partial charge is 0.375 e. The van der Waals surface area contributed by atoms with E-state index in [2.05, 4.69) is 0 Å². The summed E-state index contributed by atoms with van der Waals surface area (Å²) in [5, 5.41) is 0. The highest BCUT2D eigenvalue weighted by molar-refractivity contribution is 7.89. The zero-order valence-corrected chi connectivity index (χ0v) is 14.4. The van der Waals surface area contributed by atoms with Crippen LogP contribution in [0.15, 0.2) is 17.2 Å². The lowest BCUT2D eigenvalue weighted by Crippen LogP contribution is -2.45. The van der Waals surface area contributed by atoms with Crippen LogP contribution in [0, 0.1) is 0 Å². The average molecular weight is 341 g/mol. The first kappa shape index (κ1) is 16.5. The number of carbonyl (C=O) groups is 1. The third-order valence-corrected chi connectivity index (χ3v) is 6.29. The second-order valence-electron chi connectivity index (χ2n) is 6.22. The molecule has 3 rings (SSSR count). The molecule has 0 aliphatic carbocycles. The van der Waals surface area contributed by atoms with Crippen LogP contribution in [-0.4, -0.2) is 67.0 Å². The van der Waals surface area contributed by atoms with Crippen molar-refractivity contribution >= 4 is 15.9 Å². The monoisotopic (exact) mass is 341 g/mol. The van der Waals surface area contributed by atoms with E-state index >= 15 is 0 Å². The fraction of sp³-hybridized carbons (Fsp3) is 0.667. The Hall–Kier alpha value is -1.38. The molecule has 0 radical (unpaired) electrons. The smallest absolute Gasteiger partial charge is 0.270 e. The van der Waals surface area contributed by atoms with Crippen molar-refractivity contribution in [3.05, 3.63) is 18.0 Å². The molecule has 1 aromatic rings. The Kier molecular flexibility index (Phi) is 4.48. The first-order valence-corrected chi connectivity index (χ1v) is 9.41. The van der Waals surface area contributed by atoms with E-state index in [9.17, 15) is 13.2 Å². The summed E-state index contributed by atoms with van der Waals surface area (Å²) in [5.74, 6) is -0.148. The van der Waals surface area contributed by atoms with E-state index in [4.69, 9.17) is 4.74 Å². The van der Waals surface area contributed by atoms with E-state index < -0.39 is 10.0 Å². The number of hydrogen-bond donors (Lipinski definition) is 0. The van der Waals surface area contributed by atoms with Crippen molar-refractivity contribution in [1.82, 2.24) is 13.8 Å². The van der Waals surface area contributed by atoms with Crippen molar-refractivity contribution in [2.24, 2.45) is 7.05 Å². The average Bonchev–Trinajstić information content (AvgIpc) is 3.16. The lowest BCUT2D eigenvalue weighted by molar-refractivity contribution is -0.0127. The molecule has 3 heterocycles. The minimum atomic E-state index is -3.50. The molecule has 2 aliphatic rings. The van der Waals surface area contributed by atoms with Crippen molar-refractivity contribution in [3.8, 4) is 0 Å². The maximum absolute atomic E-state index is 12.7. The fourth-order valence-corrected chi connectivity index (χ4v) is 4.72. The van der Waals surface area contributed by atoms with Gasteiger partial charge in [-0.15, -0.1) is 0 Å². The molecule has 23 heavy (non-hydrogen) atoms. The predicted molar refractivity (Wildman–Crippen MR) is 84.7 cm³/mol. The lowest BCUT2D eigenvalue weighted by atomic mass is 10.2. The molecule has 0 aromatic carbocycles. The summed E-state index contributed by atoms with van der Waals surface area (Å²) < 4.78 is 33.8. The normalized spacial score (nSPS) is 23.4. The summed E-state index contributed by atoms with van der Waals surface area (Å²) in [6.07, 6.45) is 3.32. The van der Waals surface area contributed by atoms with Gasteiger partial charge in [-0.2, -0.15) is 4.31 Å². The highest BCUT2D eigenvalue weighted by Gasteiger charge is 2.31. The minimum absolute atomic E-state index is 0.000714. The number of rotatable bonds is 3. The van der Waals surface area contributed by atoms with Crippen LogP contribution >= 0.6 is 0 Å². The van der Waals surface area contributed by atoms with Gasteiger partial charge < -0.3 is 14.2 Å². The molecule has 2 aliphatic heterocycles. The molecule has 0 bridgehead atoms. The van der Waals surface area contributed by atoms with Crippen LogP contribution in [0.3, 0.4) is 0 Å². The molecule has 0 N–H and O–H groups in total. The van der Waals surface area contributed by atoms with Crippen molar-refractivity contribution in [2.45, 2.75) is 30.8 Å². The third-order valence-electron chi connectivity index (χ3n) is 4.43. The quantitative estimate of drug-likeness (QED) is 0.810. The van der Waals surface area contributed by atoms with E-state index in [1.807, 2.05) is 6.92 Å². The van der Waals surface area contributed by atoms with E-state index in [1.54, 1.807) is 16.5 Å². The minimum Gasteiger partial charge on any atom is -0.375 e. The van der Waals surface area contributed by atoms with Gasteiger partial charge in [0.2, 0.25) is 10.0 Å². The number of morpholine rings is 1. The van der Waals surface area contributed by atoms with Crippen molar-refractivity contribution in [2.75, 3.05) is 32.8 Å². The van der Waals surface area contributed by atoms with Crippen LogP contribution in [0.4, 0.5) is 0 Å². The maximum Gasteiger partial charge on any atom is 0.270 e. The van der Waals surface area contributed by atoms with Crippen LogP contribution in [0.5, 0.6) is 0 Å². The number of sulfonamides is 1. The fourth-order valence-electron chi connectivity index (χ4n) is 3.13. The Morgan fingerprint density at radius 2 is 1.96 bits per heavy atom. The Bertz CT molecular complexity index is 692. The number of hydrogen-bond acceptors (Lipinski definition) is 4. The zero-order valence-electron chi connectivity index (χ0n) is 13.6. The van der Waals surface area contributed by atoms with Crippen LogP contribution in [0.2, 0.25) is 0 Å². The SMILES string of the molecule is C[C@@H]1CN(C(=O)c2cc(S(=O)(=O)N3CCCC3)cn2C)CCO1. The molecule has 8 heteroatoms. The maximum atomic E-state index is 12.7. The molecular formula is C15H23N3O4S. The van der Waals surface area contributed by atoms with Gasteiger partial charge in [-0.1, -0.05) is 0 Å². The van der Waals surface area contributed by atoms with Crippen molar-refractivity contribution in [1.29, 1.82) is 0 Å². The van der Waals surface area contributed by atoms with Gasteiger partial charge in [0.1, 0.15) is 10.6 Å². The molecule has 0 saturated carbocycles. The molecule has 0 spiro atoms. The second kappa shape index (κ2) is 6.26. The third kappa shape index (κ3) is 3.15. The second-order valence-corrected chi connectivity index (χ2v) is 8.15. The number of amides is 1. The summed E-state index contributed by atoms with van der Waals surface area (Å²) >= 11 is 0. The Labute approximate surface area is 136 Å². The number of aromatic nitrogens is 1. The zero-order chi connectivity index (χ0) is 16.6. The number of aryl methyl sites for hydroxylation is 1. The van der Waals surface area contributed by atoms with Crippen molar-refractivity contribution in [3.63, 3.8) is 0 Å². The summed E-state index contributed by atoms with van der Waals surface area (Å²) in [4.78, 5) is 14.6. The van der Waals surface area contributed by atoms with Crippen LogP contribution < -0.4 is 0 Å². The van der Waals surface area contributed by atoms with Gasteiger partial charge >= 0.3 is 0 Å². The highest BCUT2D eigenvalue weighted by Crippen LogP contribution is 2.23. The molecule has 128 valence electrons. The van der Waals surface area contributed by atoms with Gasteiger partial charge in [-0.3, -0.25) is 4.79 Å². The molecule has 1 amide bonds. The number of carbonyl (C=O) groups excluding carboxylic acids is 1.